The van der Waals surface area contributed by atoms with Crippen LogP contribution in [0.5, 0.6) is 0 Å². The second-order valence-corrected chi connectivity index (χ2v) is 4.63. The number of nitrogens with zero attached hydrogens (tertiary/aromatic N) is 1. The van der Waals surface area contributed by atoms with E-state index in [1.807, 2.05) is 6.92 Å². The molecule has 0 aromatic heterocycles. The standard InChI is InChI=1S/C14H17F2NO2/c1-2-17-5-6-19-14(9-17)13(18)7-10-3-4-11(15)8-12(10)16/h3-4,8,14H,2,5-7,9H2,1H3. The summed E-state index contributed by atoms with van der Waals surface area (Å²) in [6.07, 6.45) is -0.577. The molecule has 1 saturated heterocycles. The molecule has 1 aliphatic heterocycles. The number of ether oxygens (including phenoxy) is 1. The van der Waals surface area contributed by atoms with E-state index in [4.69, 9.17) is 4.74 Å². The molecule has 1 fully saturated rings. The number of hydrogen-bond acceptors (Lipinski definition) is 3. The van der Waals surface area contributed by atoms with Crippen LogP contribution in [-0.2, 0) is 16.0 Å². The van der Waals surface area contributed by atoms with Crippen molar-refractivity contribution < 1.29 is 18.3 Å². The van der Waals surface area contributed by atoms with Gasteiger partial charge < -0.3 is 4.74 Å². The molecule has 1 unspecified atom stereocenters. The zero-order valence-corrected chi connectivity index (χ0v) is 10.9. The van der Waals surface area contributed by atoms with Crippen molar-refractivity contribution in [2.75, 3.05) is 26.2 Å². The van der Waals surface area contributed by atoms with E-state index in [1.54, 1.807) is 0 Å². The summed E-state index contributed by atoms with van der Waals surface area (Å²) in [5.74, 6) is -1.49. The van der Waals surface area contributed by atoms with Gasteiger partial charge in [-0.2, -0.15) is 0 Å². The van der Waals surface area contributed by atoms with Gasteiger partial charge in [0.2, 0.25) is 0 Å². The number of hydrogen-bond donors (Lipinski definition) is 0. The summed E-state index contributed by atoms with van der Waals surface area (Å²) in [5.41, 5.74) is 0.212. The first-order chi connectivity index (χ1) is 9.10. The third-order valence-corrected chi connectivity index (χ3v) is 3.34. The van der Waals surface area contributed by atoms with Crippen molar-refractivity contribution in [3.8, 4) is 0 Å². The molecule has 1 heterocycles. The van der Waals surface area contributed by atoms with Gasteiger partial charge in [-0.1, -0.05) is 13.0 Å². The van der Waals surface area contributed by atoms with Crippen molar-refractivity contribution in [1.29, 1.82) is 0 Å². The van der Waals surface area contributed by atoms with Crippen molar-refractivity contribution in [3.63, 3.8) is 0 Å². The van der Waals surface area contributed by atoms with Crippen LogP contribution >= 0.6 is 0 Å². The molecular formula is C14H17F2NO2. The number of ketones is 1. The van der Waals surface area contributed by atoms with Crippen LogP contribution in [0.3, 0.4) is 0 Å². The Morgan fingerprint density at radius 2 is 2.26 bits per heavy atom. The lowest BCUT2D eigenvalue weighted by Crippen LogP contribution is -2.46. The molecule has 1 aliphatic rings. The minimum absolute atomic E-state index is 0.0612. The fourth-order valence-electron chi connectivity index (χ4n) is 2.15. The van der Waals surface area contributed by atoms with Crippen molar-refractivity contribution in [2.45, 2.75) is 19.4 Å². The van der Waals surface area contributed by atoms with Crippen molar-refractivity contribution in [1.82, 2.24) is 4.90 Å². The molecule has 104 valence electrons. The number of benzene rings is 1. The highest BCUT2D eigenvalue weighted by Gasteiger charge is 2.26. The Morgan fingerprint density at radius 3 is 2.95 bits per heavy atom. The van der Waals surface area contributed by atoms with Gasteiger partial charge in [0.05, 0.1) is 6.61 Å². The molecule has 0 bridgehead atoms. The number of carbonyl (C=O) groups is 1. The van der Waals surface area contributed by atoms with Gasteiger partial charge >= 0.3 is 0 Å². The predicted octanol–water partition coefficient (Wildman–Crippen LogP) is 1.80. The summed E-state index contributed by atoms with van der Waals surface area (Å²) in [6, 6.07) is 3.26. The zero-order chi connectivity index (χ0) is 13.8. The first-order valence-electron chi connectivity index (χ1n) is 6.40. The van der Waals surface area contributed by atoms with Crippen LogP contribution in [0.2, 0.25) is 0 Å². The summed E-state index contributed by atoms with van der Waals surface area (Å²) < 4.78 is 31.7. The van der Waals surface area contributed by atoms with Crippen LogP contribution in [0.25, 0.3) is 0 Å². The van der Waals surface area contributed by atoms with Gasteiger partial charge in [0.25, 0.3) is 0 Å². The van der Waals surface area contributed by atoms with Gasteiger partial charge in [-0.3, -0.25) is 9.69 Å². The quantitative estimate of drug-likeness (QED) is 0.834. The van der Waals surface area contributed by atoms with E-state index in [0.717, 1.165) is 25.2 Å². The Hall–Kier alpha value is -1.33. The zero-order valence-electron chi connectivity index (χ0n) is 10.9. The number of carbonyl (C=O) groups excluding carboxylic acids is 1. The predicted molar refractivity (Wildman–Crippen MR) is 66.9 cm³/mol. The van der Waals surface area contributed by atoms with E-state index in [2.05, 4.69) is 4.90 Å². The van der Waals surface area contributed by atoms with E-state index in [-0.39, 0.29) is 17.8 Å². The van der Waals surface area contributed by atoms with E-state index in [9.17, 15) is 13.6 Å². The fraction of sp³-hybridized carbons (Fsp3) is 0.500. The molecule has 2 rings (SSSR count). The van der Waals surface area contributed by atoms with Crippen LogP contribution in [0.4, 0.5) is 8.78 Å². The van der Waals surface area contributed by atoms with Gasteiger partial charge in [-0.05, 0) is 18.2 Å². The molecule has 0 aliphatic carbocycles. The minimum atomic E-state index is -0.684. The van der Waals surface area contributed by atoms with E-state index in [1.165, 1.54) is 6.07 Å². The average Bonchev–Trinajstić information content (AvgIpc) is 2.42. The molecule has 1 atom stereocenters. The SMILES string of the molecule is CCN1CCOC(C(=O)Cc2ccc(F)cc2F)C1. The summed E-state index contributed by atoms with van der Waals surface area (Å²) in [7, 11) is 0. The maximum atomic E-state index is 13.5. The van der Waals surface area contributed by atoms with Gasteiger partial charge in [0.1, 0.15) is 17.7 Å². The van der Waals surface area contributed by atoms with Crippen LogP contribution in [0.15, 0.2) is 18.2 Å². The Labute approximate surface area is 111 Å². The maximum absolute atomic E-state index is 13.5. The number of halogens is 2. The molecule has 0 spiro atoms. The van der Waals surface area contributed by atoms with E-state index in [0.29, 0.717) is 13.2 Å². The van der Waals surface area contributed by atoms with Gasteiger partial charge in [0.15, 0.2) is 5.78 Å². The van der Waals surface area contributed by atoms with E-state index >= 15 is 0 Å². The summed E-state index contributed by atoms with van der Waals surface area (Å²) >= 11 is 0. The Morgan fingerprint density at radius 1 is 1.47 bits per heavy atom. The van der Waals surface area contributed by atoms with Crippen LogP contribution in [0.1, 0.15) is 12.5 Å². The summed E-state index contributed by atoms with van der Waals surface area (Å²) in [5, 5.41) is 0. The summed E-state index contributed by atoms with van der Waals surface area (Å²) in [6.45, 7) is 4.74. The van der Waals surface area contributed by atoms with Crippen LogP contribution in [0, 0.1) is 11.6 Å². The first-order valence-corrected chi connectivity index (χ1v) is 6.40. The number of rotatable bonds is 4. The molecular weight excluding hydrogens is 252 g/mol. The molecule has 19 heavy (non-hydrogen) atoms. The highest BCUT2D eigenvalue weighted by molar-refractivity contribution is 5.85. The number of morpholine rings is 1. The van der Waals surface area contributed by atoms with Gasteiger partial charge in [0, 0.05) is 25.6 Å². The maximum Gasteiger partial charge on any atom is 0.167 e. The first kappa shape index (κ1) is 14.1. The second kappa shape index (κ2) is 6.21. The smallest absolute Gasteiger partial charge is 0.167 e. The van der Waals surface area contributed by atoms with Crippen molar-refractivity contribution in [3.05, 3.63) is 35.4 Å². The largest absolute Gasteiger partial charge is 0.368 e. The topological polar surface area (TPSA) is 29.5 Å². The molecule has 3 nitrogen and oxygen atoms in total. The van der Waals surface area contributed by atoms with Crippen molar-refractivity contribution >= 4 is 5.78 Å². The van der Waals surface area contributed by atoms with Crippen LogP contribution < -0.4 is 0 Å². The second-order valence-electron chi connectivity index (χ2n) is 4.63. The van der Waals surface area contributed by atoms with Crippen molar-refractivity contribution in [2.24, 2.45) is 0 Å². The molecule has 0 radical (unpaired) electrons. The van der Waals surface area contributed by atoms with Gasteiger partial charge in [-0.25, -0.2) is 8.78 Å². The van der Waals surface area contributed by atoms with E-state index < -0.39 is 17.7 Å². The summed E-state index contributed by atoms with van der Waals surface area (Å²) in [4.78, 5) is 14.2. The molecule has 5 heteroatoms. The third-order valence-electron chi connectivity index (χ3n) is 3.34. The average molecular weight is 269 g/mol. The molecule has 0 N–H and O–H groups in total. The Bertz CT molecular complexity index is 465. The van der Waals surface area contributed by atoms with Crippen LogP contribution in [-0.4, -0.2) is 43.0 Å². The highest BCUT2D eigenvalue weighted by atomic mass is 19.1. The Kier molecular flexibility index (Phi) is 4.61. The normalized spacial score (nSPS) is 20.5. The number of likely N-dealkylation sites (N-methyl/N-ethyl adjacent to an activating group) is 1. The molecule has 1 aromatic rings. The Balaban J connectivity index is 2.00. The third kappa shape index (κ3) is 3.58. The molecule has 1 aromatic carbocycles. The number of Topliss-reactive ketones (excluding diaryl/α,β-unsaturated/α-hetero) is 1. The van der Waals surface area contributed by atoms with Gasteiger partial charge in [-0.15, -0.1) is 0 Å². The highest BCUT2D eigenvalue weighted by Crippen LogP contribution is 2.14. The minimum Gasteiger partial charge on any atom is -0.368 e. The molecule has 0 amide bonds. The monoisotopic (exact) mass is 269 g/mol. The lowest BCUT2D eigenvalue weighted by atomic mass is 10.0. The lowest BCUT2D eigenvalue weighted by Gasteiger charge is -2.31. The fourth-order valence-corrected chi connectivity index (χ4v) is 2.15. The molecule has 0 saturated carbocycles. The lowest BCUT2D eigenvalue weighted by molar-refractivity contribution is -0.135.